The van der Waals surface area contributed by atoms with Gasteiger partial charge >= 0.3 is 0 Å². The number of hydrogen-bond donors (Lipinski definition) is 1. The van der Waals surface area contributed by atoms with E-state index in [1.165, 1.54) is 25.7 Å². The molecule has 1 heterocycles. The predicted octanol–water partition coefficient (Wildman–Crippen LogP) is 3.94. The molecule has 1 aliphatic heterocycles. The number of likely N-dealkylation sites (tertiary alicyclic amines) is 1. The second-order valence-corrected chi connectivity index (χ2v) is 10.1. The zero-order valence-electron chi connectivity index (χ0n) is 19.3. The number of carbonyl (C=O) groups excluding carboxylic acids is 2. The summed E-state index contributed by atoms with van der Waals surface area (Å²) < 4.78 is 0. The van der Waals surface area contributed by atoms with E-state index in [0.717, 1.165) is 56.3 Å². The van der Waals surface area contributed by atoms with Gasteiger partial charge in [-0.15, -0.1) is 0 Å². The van der Waals surface area contributed by atoms with Crippen LogP contribution in [-0.4, -0.2) is 59.9 Å². The lowest BCUT2D eigenvalue weighted by Crippen LogP contribution is -2.51. The first-order valence-electron chi connectivity index (χ1n) is 12.4. The monoisotopic (exact) mass is 425 g/mol. The molecular formula is C26H39N3O2. The number of carbonyl (C=O) groups is 2. The molecule has 3 aliphatic rings. The summed E-state index contributed by atoms with van der Waals surface area (Å²) in [6.45, 7) is 7.34. The molecule has 0 spiro atoms. The molecule has 31 heavy (non-hydrogen) atoms. The molecule has 2 aliphatic carbocycles. The second kappa shape index (κ2) is 10.2. The number of fused-ring (bicyclic) bond motifs is 2. The number of nitrogens with one attached hydrogen (secondary N) is 1. The van der Waals surface area contributed by atoms with Crippen LogP contribution in [0.25, 0.3) is 0 Å². The van der Waals surface area contributed by atoms with E-state index in [4.69, 9.17) is 0 Å². The Morgan fingerprint density at radius 3 is 2.45 bits per heavy atom. The number of piperidine rings is 1. The Balaban J connectivity index is 1.27. The van der Waals surface area contributed by atoms with E-state index in [-0.39, 0.29) is 17.9 Å². The van der Waals surface area contributed by atoms with Crippen LogP contribution in [0, 0.1) is 17.8 Å². The van der Waals surface area contributed by atoms with Gasteiger partial charge in [0.05, 0.1) is 6.54 Å². The number of benzene rings is 1. The lowest BCUT2D eigenvalue weighted by molar-refractivity contribution is -0.124. The van der Waals surface area contributed by atoms with Gasteiger partial charge in [0, 0.05) is 30.7 Å². The molecule has 170 valence electrons. The van der Waals surface area contributed by atoms with Gasteiger partial charge in [-0.05, 0) is 81.9 Å². The molecule has 5 heteroatoms. The van der Waals surface area contributed by atoms with Crippen molar-refractivity contribution in [3.8, 4) is 0 Å². The normalized spacial score (nSPS) is 26.9. The minimum atomic E-state index is 0.124. The molecule has 1 aromatic carbocycles. The molecular weight excluding hydrogens is 386 g/mol. The molecule has 4 unspecified atom stereocenters. The van der Waals surface area contributed by atoms with Crippen LogP contribution < -0.4 is 5.32 Å². The Morgan fingerprint density at radius 2 is 1.84 bits per heavy atom. The van der Waals surface area contributed by atoms with Crippen molar-refractivity contribution in [2.24, 2.45) is 17.8 Å². The first-order valence-corrected chi connectivity index (χ1v) is 12.4. The van der Waals surface area contributed by atoms with Gasteiger partial charge in [0.25, 0.3) is 5.91 Å². The SMILES string of the molecule is CCCN(CC(=O)NC(C)C1CC2CCC1C2)C1CCN(C(=O)c2ccccc2)CC1. The summed E-state index contributed by atoms with van der Waals surface area (Å²) in [6, 6.07) is 10.2. The third-order valence-corrected chi connectivity index (χ3v) is 7.97. The van der Waals surface area contributed by atoms with Crippen LogP contribution in [0.4, 0.5) is 0 Å². The zero-order chi connectivity index (χ0) is 21.8. The number of nitrogens with zero attached hydrogens (tertiary/aromatic N) is 2. The summed E-state index contributed by atoms with van der Waals surface area (Å²) >= 11 is 0. The van der Waals surface area contributed by atoms with Crippen LogP contribution in [0.1, 0.15) is 69.2 Å². The van der Waals surface area contributed by atoms with Gasteiger partial charge < -0.3 is 10.2 Å². The van der Waals surface area contributed by atoms with Crippen LogP contribution in [0.2, 0.25) is 0 Å². The van der Waals surface area contributed by atoms with Gasteiger partial charge in [-0.3, -0.25) is 14.5 Å². The van der Waals surface area contributed by atoms with Crippen molar-refractivity contribution in [1.82, 2.24) is 15.1 Å². The van der Waals surface area contributed by atoms with Crippen LogP contribution in [0.15, 0.2) is 30.3 Å². The molecule has 2 saturated carbocycles. The fourth-order valence-electron chi connectivity index (χ4n) is 6.37. The average molecular weight is 426 g/mol. The van der Waals surface area contributed by atoms with E-state index in [2.05, 4.69) is 24.1 Å². The summed E-state index contributed by atoms with van der Waals surface area (Å²) in [6.07, 6.45) is 8.36. The standard InChI is InChI=1S/C26H39N3O2/c1-3-13-29(18-25(30)27-19(2)24-17-20-9-10-22(24)16-20)23-11-14-28(15-12-23)26(31)21-7-5-4-6-8-21/h4-8,19-20,22-24H,3,9-18H2,1-2H3,(H,27,30). The largest absolute Gasteiger partial charge is 0.352 e. The van der Waals surface area contributed by atoms with Crippen molar-refractivity contribution in [2.75, 3.05) is 26.2 Å². The van der Waals surface area contributed by atoms with E-state index >= 15 is 0 Å². The van der Waals surface area contributed by atoms with Crippen molar-refractivity contribution >= 4 is 11.8 Å². The molecule has 0 radical (unpaired) electrons. The minimum Gasteiger partial charge on any atom is -0.352 e. The highest BCUT2D eigenvalue weighted by atomic mass is 16.2. The number of hydrogen-bond acceptors (Lipinski definition) is 3. The summed E-state index contributed by atoms with van der Waals surface area (Å²) in [5.41, 5.74) is 0.764. The van der Waals surface area contributed by atoms with Gasteiger partial charge in [-0.25, -0.2) is 0 Å². The third-order valence-electron chi connectivity index (χ3n) is 7.97. The molecule has 0 aromatic heterocycles. The first kappa shape index (κ1) is 22.3. The van der Waals surface area contributed by atoms with Gasteiger partial charge in [-0.2, -0.15) is 0 Å². The Bertz CT molecular complexity index is 744. The smallest absolute Gasteiger partial charge is 0.253 e. The highest BCUT2D eigenvalue weighted by Gasteiger charge is 2.42. The summed E-state index contributed by atoms with van der Waals surface area (Å²) in [5, 5.41) is 3.34. The highest BCUT2D eigenvalue weighted by molar-refractivity contribution is 5.94. The quantitative estimate of drug-likeness (QED) is 0.686. The molecule has 1 saturated heterocycles. The zero-order valence-corrected chi connectivity index (χ0v) is 19.3. The van der Waals surface area contributed by atoms with Crippen LogP contribution in [-0.2, 0) is 4.79 Å². The molecule has 2 amide bonds. The van der Waals surface area contributed by atoms with Gasteiger partial charge in [0.1, 0.15) is 0 Å². The van der Waals surface area contributed by atoms with Crippen LogP contribution in [0.3, 0.4) is 0 Å². The van der Waals surface area contributed by atoms with Crippen molar-refractivity contribution in [3.05, 3.63) is 35.9 Å². The Hall–Kier alpha value is -1.88. The molecule has 4 atom stereocenters. The number of amides is 2. The Kier molecular flexibility index (Phi) is 7.31. The third kappa shape index (κ3) is 5.31. The highest BCUT2D eigenvalue weighted by Crippen LogP contribution is 2.49. The van der Waals surface area contributed by atoms with Crippen molar-refractivity contribution in [3.63, 3.8) is 0 Å². The maximum Gasteiger partial charge on any atom is 0.253 e. The van der Waals surface area contributed by atoms with Crippen LogP contribution in [0.5, 0.6) is 0 Å². The topological polar surface area (TPSA) is 52.7 Å². The lowest BCUT2D eigenvalue weighted by atomic mass is 9.84. The summed E-state index contributed by atoms with van der Waals surface area (Å²) in [5.74, 6) is 2.72. The van der Waals surface area contributed by atoms with E-state index in [9.17, 15) is 9.59 Å². The second-order valence-electron chi connectivity index (χ2n) is 10.1. The predicted molar refractivity (Wildman–Crippen MR) is 124 cm³/mol. The van der Waals surface area contributed by atoms with Gasteiger partial charge in [0.15, 0.2) is 0 Å². The number of rotatable bonds is 8. The summed E-state index contributed by atoms with van der Waals surface area (Å²) in [4.78, 5) is 29.9. The molecule has 1 aromatic rings. The Morgan fingerprint density at radius 1 is 1.10 bits per heavy atom. The van der Waals surface area contributed by atoms with Gasteiger partial charge in [0.2, 0.25) is 5.91 Å². The van der Waals surface area contributed by atoms with Crippen LogP contribution >= 0.6 is 0 Å². The maximum absolute atomic E-state index is 12.9. The Labute approximate surface area is 187 Å². The molecule has 2 bridgehead atoms. The van der Waals surface area contributed by atoms with Gasteiger partial charge in [-0.1, -0.05) is 31.5 Å². The minimum absolute atomic E-state index is 0.124. The van der Waals surface area contributed by atoms with E-state index < -0.39 is 0 Å². The fourth-order valence-corrected chi connectivity index (χ4v) is 6.37. The molecule has 5 nitrogen and oxygen atoms in total. The summed E-state index contributed by atoms with van der Waals surface area (Å²) in [7, 11) is 0. The molecule has 3 fully saturated rings. The molecule has 4 rings (SSSR count). The molecule has 1 N–H and O–H groups in total. The fraction of sp³-hybridized carbons (Fsp3) is 0.692. The van der Waals surface area contributed by atoms with E-state index in [1.54, 1.807) is 0 Å². The van der Waals surface area contributed by atoms with Crippen molar-refractivity contribution < 1.29 is 9.59 Å². The van der Waals surface area contributed by atoms with Crippen molar-refractivity contribution in [1.29, 1.82) is 0 Å². The first-order chi connectivity index (χ1) is 15.0. The van der Waals surface area contributed by atoms with E-state index in [1.807, 2.05) is 35.2 Å². The van der Waals surface area contributed by atoms with E-state index in [0.29, 0.717) is 18.5 Å². The average Bonchev–Trinajstić information content (AvgIpc) is 3.43. The van der Waals surface area contributed by atoms with Crippen molar-refractivity contribution in [2.45, 2.75) is 70.9 Å². The maximum atomic E-state index is 12.9. The lowest BCUT2D eigenvalue weighted by Gasteiger charge is -2.38.